The molecule has 39 heavy (non-hydrogen) atoms. The van der Waals surface area contributed by atoms with Crippen LogP contribution in [0.1, 0.15) is 49.4 Å². The van der Waals surface area contributed by atoms with Gasteiger partial charge in [-0.05, 0) is 49.6 Å². The van der Waals surface area contributed by atoms with Crippen LogP contribution in [-0.2, 0) is 44.3 Å². The lowest BCUT2D eigenvalue weighted by atomic mass is 9.86. The van der Waals surface area contributed by atoms with E-state index in [-0.39, 0.29) is 42.0 Å². The van der Waals surface area contributed by atoms with E-state index >= 15 is 0 Å². The van der Waals surface area contributed by atoms with E-state index in [0.717, 1.165) is 16.5 Å². The Morgan fingerprint density at radius 3 is 2.67 bits per heavy atom. The Morgan fingerprint density at radius 2 is 2.00 bits per heavy atom. The number of nitrogens with zero attached hydrogens (tertiary/aromatic N) is 2. The van der Waals surface area contributed by atoms with Gasteiger partial charge in [0.25, 0.3) is 11.5 Å². The van der Waals surface area contributed by atoms with Gasteiger partial charge in [0.1, 0.15) is 12.6 Å². The molecule has 2 amide bonds. The number of carbonyl (C=O) groups excluding carboxylic acids is 3. The first-order valence-electron chi connectivity index (χ1n) is 12.7. The van der Waals surface area contributed by atoms with Gasteiger partial charge in [-0.25, -0.2) is 9.78 Å². The summed E-state index contributed by atoms with van der Waals surface area (Å²) in [5.41, 5.74) is 7.67. The molecule has 11 heteroatoms. The van der Waals surface area contributed by atoms with Crippen LogP contribution in [0, 0.1) is 0 Å². The summed E-state index contributed by atoms with van der Waals surface area (Å²) in [5, 5.41) is 17.2. The van der Waals surface area contributed by atoms with Crippen molar-refractivity contribution in [3.63, 3.8) is 0 Å². The average molecular weight is 532 g/mol. The lowest BCUT2D eigenvalue weighted by Gasteiger charge is -2.31. The number of cyclic esters (lactones) is 1. The topological polar surface area (TPSA) is 166 Å². The Morgan fingerprint density at radius 1 is 1.26 bits per heavy atom. The minimum atomic E-state index is -1.89. The molecule has 2 aliphatic rings. The lowest BCUT2D eigenvalue weighted by Crippen LogP contribution is -2.44. The number of nitrogens with one attached hydrogen (secondary N) is 2. The molecule has 4 heterocycles. The number of amides is 2. The summed E-state index contributed by atoms with van der Waals surface area (Å²) in [5.74, 6) is -1.81. The number of pyridine rings is 2. The highest BCUT2D eigenvalue weighted by Crippen LogP contribution is 2.40. The minimum absolute atomic E-state index is 0.0672. The Balaban J connectivity index is 1.56. The molecule has 5 N–H and O–H groups in total. The molecule has 2 atom stereocenters. The van der Waals surface area contributed by atoms with Crippen LogP contribution in [0.4, 0.5) is 5.69 Å². The zero-order valence-corrected chi connectivity index (χ0v) is 21.9. The fourth-order valence-electron chi connectivity index (χ4n) is 5.25. The maximum Gasteiger partial charge on any atom is 0.343 e. The van der Waals surface area contributed by atoms with Crippen molar-refractivity contribution < 1.29 is 24.2 Å². The molecule has 0 saturated carbocycles. The normalized spacial score (nSPS) is 18.0. The van der Waals surface area contributed by atoms with E-state index in [2.05, 4.69) is 17.2 Å². The van der Waals surface area contributed by atoms with E-state index in [4.69, 9.17) is 15.5 Å². The second-order valence-corrected chi connectivity index (χ2v) is 9.82. The number of rotatable bonds is 6. The molecule has 0 fully saturated rings. The van der Waals surface area contributed by atoms with Crippen molar-refractivity contribution >= 4 is 34.4 Å². The molecule has 0 saturated heterocycles. The highest BCUT2D eigenvalue weighted by Gasteiger charge is 2.45. The number of esters is 1. The minimum Gasteiger partial charge on any atom is -0.458 e. The SMILES string of the molecule is C=C(N)C(=O)N[C@@H](C)C(=O)Nc1ccc2nc3c(c(CC)c2c1)Cn1c-3cc2c(c1=O)COC(=O)[C@]2(O)CC. The summed E-state index contributed by atoms with van der Waals surface area (Å²) in [6, 6.07) is 6.13. The summed E-state index contributed by atoms with van der Waals surface area (Å²) in [6.45, 7) is 8.65. The van der Waals surface area contributed by atoms with Gasteiger partial charge in [0.05, 0.1) is 34.7 Å². The number of fused-ring (bicyclic) bond motifs is 5. The molecule has 11 nitrogen and oxygen atoms in total. The van der Waals surface area contributed by atoms with Gasteiger partial charge in [-0.2, -0.15) is 0 Å². The molecule has 202 valence electrons. The van der Waals surface area contributed by atoms with Gasteiger partial charge in [-0.3, -0.25) is 14.4 Å². The zero-order valence-electron chi connectivity index (χ0n) is 21.9. The molecule has 2 aliphatic heterocycles. The van der Waals surface area contributed by atoms with Crippen molar-refractivity contribution in [2.45, 2.75) is 58.4 Å². The van der Waals surface area contributed by atoms with Crippen LogP contribution in [-0.4, -0.2) is 38.5 Å². The molecule has 1 aromatic carbocycles. The Hall–Kier alpha value is -4.51. The Kier molecular flexibility index (Phi) is 6.26. The van der Waals surface area contributed by atoms with Crippen LogP contribution in [0.3, 0.4) is 0 Å². The molecule has 0 unspecified atom stereocenters. The average Bonchev–Trinajstić information content (AvgIpc) is 3.28. The molecule has 0 aliphatic carbocycles. The third kappa shape index (κ3) is 4.06. The maximum atomic E-state index is 13.5. The standard InChI is InChI=1S/C28H29N5O6/c1-5-16-17-9-15(31-25(35)14(4)30-24(34)13(3)29)7-8-21(17)32-23-18(16)11-33-22(23)10-20-19(26(33)36)12-39-27(37)28(20,38)6-2/h7-10,14,38H,3,5-6,11-12,29H2,1-2,4H3,(H,30,34)(H,31,35)/t14-,28-/m0/s1. The van der Waals surface area contributed by atoms with Crippen LogP contribution in [0.5, 0.6) is 0 Å². The largest absolute Gasteiger partial charge is 0.458 e. The van der Waals surface area contributed by atoms with Crippen molar-refractivity contribution in [3.05, 3.63) is 69.1 Å². The number of aromatic nitrogens is 2. The number of aliphatic hydroxyl groups is 1. The lowest BCUT2D eigenvalue weighted by molar-refractivity contribution is -0.172. The zero-order chi connectivity index (χ0) is 28.2. The Bertz CT molecular complexity index is 1660. The van der Waals surface area contributed by atoms with Crippen LogP contribution < -0.4 is 21.9 Å². The summed E-state index contributed by atoms with van der Waals surface area (Å²) in [4.78, 5) is 55.2. The number of carbonyl (C=O) groups is 3. The first kappa shape index (κ1) is 26.1. The van der Waals surface area contributed by atoms with Gasteiger partial charge in [0, 0.05) is 22.2 Å². The third-order valence-electron chi connectivity index (χ3n) is 7.46. The number of nitrogens with two attached hydrogens (primary N) is 1. The van der Waals surface area contributed by atoms with Gasteiger partial charge in [0.2, 0.25) is 5.91 Å². The van der Waals surface area contributed by atoms with Crippen LogP contribution in [0.25, 0.3) is 22.3 Å². The van der Waals surface area contributed by atoms with E-state index in [1.54, 1.807) is 29.7 Å². The summed E-state index contributed by atoms with van der Waals surface area (Å²) in [7, 11) is 0. The fourth-order valence-corrected chi connectivity index (χ4v) is 5.25. The highest BCUT2D eigenvalue weighted by molar-refractivity contribution is 6.01. The van der Waals surface area contributed by atoms with E-state index in [1.807, 2.05) is 13.0 Å². The second-order valence-electron chi connectivity index (χ2n) is 9.82. The summed E-state index contributed by atoms with van der Waals surface area (Å²) < 4.78 is 6.74. The fraction of sp³-hybridized carbons (Fsp3) is 0.321. The molecule has 0 radical (unpaired) electrons. The van der Waals surface area contributed by atoms with E-state index in [0.29, 0.717) is 29.0 Å². The maximum absolute atomic E-state index is 13.5. The monoisotopic (exact) mass is 531 g/mol. The number of aryl methyl sites for hydroxylation is 1. The molecule has 3 aromatic rings. The van der Waals surface area contributed by atoms with Crippen LogP contribution >= 0.6 is 0 Å². The van der Waals surface area contributed by atoms with E-state index in [9.17, 15) is 24.3 Å². The number of anilines is 1. The van der Waals surface area contributed by atoms with Gasteiger partial charge in [0.15, 0.2) is 5.60 Å². The molecular formula is C28H29N5O6. The molecule has 5 rings (SSSR count). The first-order chi connectivity index (χ1) is 18.5. The van der Waals surface area contributed by atoms with Crippen molar-refractivity contribution in [1.29, 1.82) is 0 Å². The van der Waals surface area contributed by atoms with Crippen molar-refractivity contribution in [3.8, 4) is 11.4 Å². The predicted molar refractivity (Wildman–Crippen MR) is 143 cm³/mol. The third-order valence-corrected chi connectivity index (χ3v) is 7.46. The van der Waals surface area contributed by atoms with Crippen molar-refractivity contribution in [2.24, 2.45) is 5.73 Å². The smallest absolute Gasteiger partial charge is 0.343 e. The van der Waals surface area contributed by atoms with Crippen LogP contribution in [0.15, 0.2) is 41.3 Å². The van der Waals surface area contributed by atoms with E-state index in [1.165, 1.54) is 6.92 Å². The summed E-state index contributed by atoms with van der Waals surface area (Å²) >= 11 is 0. The van der Waals surface area contributed by atoms with Crippen molar-refractivity contribution in [2.75, 3.05) is 5.32 Å². The molecule has 2 aromatic heterocycles. The predicted octanol–water partition coefficient (Wildman–Crippen LogP) is 1.56. The van der Waals surface area contributed by atoms with Gasteiger partial charge < -0.3 is 30.8 Å². The van der Waals surface area contributed by atoms with Gasteiger partial charge in [-0.15, -0.1) is 0 Å². The van der Waals surface area contributed by atoms with E-state index < -0.39 is 29.4 Å². The number of hydrogen-bond donors (Lipinski definition) is 4. The number of hydrogen-bond acceptors (Lipinski definition) is 8. The number of ether oxygens (including phenoxy) is 1. The molecule has 0 bridgehead atoms. The van der Waals surface area contributed by atoms with Crippen LogP contribution in [0.2, 0.25) is 0 Å². The number of benzene rings is 1. The highest BCUT2D eigenvalue weighted by atomic mass is 16.6. The molecular weight excluding hydrogens is 502 g/mol. The van der Waals surface area contributed by atoms with Gasteiger partial charge >= 0.3 is 5.97 Å². The Labute approximate surface area is 223 Å². The summed E-state index contributed by atoms with van der Waals surface area (Å²) in [6.07, 6.45) is 0.699. The second kappa shape index (κ2) is 9.35. The molecule has 0 spiro atoms. The first-order valence-corrected chi connectivity index (χ1v) is 12.7. The van der Waals surface area contributed by atoms with Gasteiger partial charge in [-0.1, -0.05) is 20.4 Å². The van der Waals surface area contributed by atoms with Crippen molar-refractivity contribution in [1.82, 2.24) is 14.9 Å². The quantitative estimate of drug-likeness (QED) is 0.215.